The Balaban J connectivity index is 1.74. The zero-order valence-corrected chi connectivity index (χ0v) is 16.0. The quantitative estimate of drug-likeness (QED) is 0.609. The minimum Gasteiger partial charge on any atom is -0.357 e. The summed E-state index contributed by atoms with van der Waals surface area (Å²) in [6.07, 6.45) is 1.68. The largest absolute Gasteiger partial charge is 0.357 e. The molecular weight excluding hydrogens is 372 g/mol. The molecule has 0 unspecified atom stereocenters. The maximum Gasteiger partial charge on any atom is 0.325 e. The van der Waals surface area contributed by atoms with E-state index in [-0.39, 0.29) is 6.03 Å². The molecule has 0 saturated heterocycles. The van der Waals surface area contributed by atoms with E-state index in [0.29, 0.717) is 21.8 Å². The van der Waals surface area contributed by atoms with Gasteiger partial charge in [0.25, 0.3) is 0 Å². The Morgan fingerprint density at radius 1 is 1.15 bits per heavy atom. The molecule has 3 rings (SSSR count). The van der Waals surface area contributed by atoms with Crippen LogP contribution in [0.3, 0.4) is 0 Å². The van der Waals surface area contributed by atoms with Crippen molar-refractivity contribution in [3.8, 4) is 10.6 Å². The van der Waals surface area contributed by atoms with Crippen LogP contribution in [-0.2, 0) is 0 Å². The highest BCUT2D eigenvalue weighted by Crippen LogP contribution is 2.31. The van der Waals surface area contributed by atoms with E-state index in [0.717, 1.165) is 21.8 Å². The number of thiazole rings is 1. The van der Waals surface area contributed by atoms with Gasteiger partial charge in [0, 0.05) is 24.0 Å². The van der Waals surface area contributed by atoms with Gasteiger partial charge in [0.1, 0.15) is 0 Å². The zero-order valence-electron chi connectivity index (χ0n) is 14.4. The van der Waals surface area contributed by atoms with Gasteiger partial charge < -0.3 is 10.6 Å². The first-order chi connectivity index (χ1) is 12.5. The second kappa shape index (κ2) is 7.67. The molecule has 3 N–H and O–H groups in total. The standard InChI is InChI=1S/C17H17ClN6OS/c1-9-8-11(4-5-12(9)18)22-16(25)24-17-21-10(2)14(26-17)13-6-7-20-15(19-3)23-13/h4-8H,1-3H3,(H,19,20,23)(H2,21,22,24,25). The van der Waals surface area contributed by atoms with Gasteiger partial charge >= 0.3 is 6.03 Å². The maximum absolute atomic E-state index is 12.2. The first kappa shape index (κ1) is 18.1. The molecule has 3 aromatic rings. The fraction of sp³-hybridized carbons (Fsp3) is 0.176. The number of carbonyl (C=O) groups is 1. The number of halogens is 1. The fourth-order valence-corrected chi connectivity index (χ4v) is 3.32. The smallest absolute Gasteiger partial charge is 0.325 e. The van der Waals surface area contributed by atoms with Gasteiger partial charge in [-0.3, -0.25) is 5.32 Å². The van der Waals surface area contributed by atoms with Crippen LogP contribution >= 0.6 is 22.9 Å². The number of amides is 2. The van der Waals surface area contributed by atoms with Crippen LogP contribution in [0.15, 0.2) is 30.5 Å². The Morgan fingerprint density at radius 2 is 1.96 bits per heavy atom. The summed E-state index contributed by atoms with van der Waals surface area (Å²) in [6, 6.07) is 6.73. The number of carbonyl (C=O) groups excluding carboxylic acids is 1. The Kier molecular flexibility index (Phi) is 5.34. The molecule has 0 fully saturated rings. The summed E-state index contributed by atoms with van der Waals surface area (Å²) in [6.45, 7) is 3.75. The van der Waals surface area contributed by atoms with Crippen LogP contribution in [0.4, 0.5) is 21.6 Å². The molecule has 7 nitrogen and oxygen atoms in total. The summed E-state index contributed by atoms with van der Waals surface area (Å²) in [5.41, 5.74) is 3.09. The van der Waals surface area contributed by atoms with E-state index in [2.05, 4.69) is 30.9 Å². The first-order valence-electron chi connectivity index (χ1n) is 7.79. The lowest BCUT2D eigenvalue weighted by Gasteiger charge is -2.07. The van der Waals surface area contributed by atoms with E-state index in [9.17, 15) is 4.79 Å². The van der Waals surface area contributed by atoms with Crippen LogP contribution in [0.25, 0.3) is 10.6 Å². The van der Waals surface area contributed by atoms with Gasteiger partial charge in [-0.05, 0) is 43.7 Å². The number of hydrogen-bond acceptors (Lipinski definition) is 6. The van der Waals surface area contributed by atoms with Crippen LogP contribution < -0.4 is 16.0 Å². The van der Waals surface area contributed by atoms with E-state index < -0.39 is 0 Å². The van der Waals surface area contributed by atoms with Crippen molar-refractivity contribution in [3.63, 3.8) is 0 Å². The van der Waals surface area contributed by atoms with E-state index in [1.807, 2.05) is 19.9 Å². The van der Waals surface area contributed by atoms with E-state index >= 15 is 0 Å². The minimum atomic E-state index is -0.370. The summed E-state index contributed by atoms with van der Waals surface area (Å²) in [5.74, 6) is 0.528. The van der Waals surface area contributed by atoms with Crippen LogP contribution in [0.1, 0.15) is 11.3 Å². The molecule has 0 aliphatic carbocycles. The van der Waals surface area contributed by atoms with Crippen LogP contribution in [0.5, 0.6) is 0 Å². The van der Waals surface area contributed by atoms with Gasteiger partial charge in [0.05, 0.1) is 16.3 Å². The maximum atomic E-state index is 12.2. The van der Waals surface area contributed by atoms with Gasteiger partial charge in [-0.25, -0.2) is 19.7 Å². The number of anilines is 3. The number of urea groups is 1. The van der Waals surface area contributed by atoms with Gasteiger partial charge in [-0.15, -0.1) is 0 Å². The van der Waals surface area contributed by atoms with Crippen molar-refractivity contribution < 1.29 is 4.79 Å². The van der Waals surface area contributed by atoms with Gasteiger partial charge in [0.2, 0.25) is 5.95 Å². The Hall–Kier alpha value is -2.71. The highest BCUT2D eigenvalue weighted by Gasteiger charge is 2.14. The second-order valence-corrected chi connectivity index (χ2v) is 6.90. The molecule has 134 valence electrons. The predicted molar refractivity (Wildman–Crippen MR) is 106 cm³/mol. The summed E-state index contributed by atoms with van der Waals surface area (Å²) in [5, 5.41) is 9.57. The van der Waals surface area contributed by atoms with E-state index in [1.165, 1.54) is 11.3 Å². The predicted octanol–water partition coefficient (Wildman–Crippen LogP) is 4.56. The summed E-state index contributed by atoms with van der Waals surface area (Å²) >= 11 is 7.35. The van der Waals surface area contributed by atoms with Crippen molar-refractivity contribution in [2.45, 2.75) is 13.8 Å². The first-order valence-corrected chi connectivity index (χ1v) is 8.98. The molecule has 0 radical (unpaired) electrons. The molecule has 0 spiro atoms. The van der Waals surface area contributed by atoms with Crippen LogP contribution in [-0.4, -0.2) is 28.0 Å². The molecule has 0 saturated carbocycles. The molecule has 1 aromatic carbocycles. The number of aryl methyl sites for hydroxylation is 2. The molecule has 9 heteroatoms. The highest BCUT2D eigenvalue weighted by atomic mass is 35.5. The average molecular weight is 389 g/mol. The van der Waals surface area contributed by atoms with Crippen molar-refractivity contribution in [2.75, 3.05) is 23.0 Å². The van der Waals surface area contributed by atoms with Gasteiger partial charge in [-0.1, -0.05) is 22.9 Å². The number of nitrogens with zero attached hydrogens (tertiary/aromatic N) is 3. The third-order valence-corrected chi connectivity index (χ3v) is 5.06. The number of benzene rings is 1. The molecular formula is C17H17ClN6OS. The lowest BCUT2D eigenvalue weighted by Crippen LogP contribution is -2.19. The molecule has 2 amide bonds. The molecule has 2 heterocycles. The second-order valence-electron chi connectivity index (χ2n) is 5.49. The number of aromatic nitrogens is 3. The van der Waals surface area contributed by atoms with Gasteiger partial charge in [-0.2, -0.15) is 0 Å². The highest BCUT2D eigenvalue weighted by molar-refractivity contribution is 7.19. The summed E-state index contributed by atoms with van der Waals surface area (Å²) in [7, 11) is 1.76. The molecule has 0 aliphatic heterocycles. The summed E-state index contributed by atoms with van der Waals surface area (Å²) in [4.78, 5) is 26.0. The molecule has 0 atom stereocenters. The van der Waals surface area contributed by atoms with Gasteiger partial charge in [0.15, 0.2) is 5.13 Å². The fourth-order valence-electron chi connectivity index (χ4n) is 2.28. The Labute approximate surface area is 159 Å². The molecule has 26 heavy (non-hydrogen) atoms. The van der Waals surface area contributed by atoms with E-state index in [1.54, 1.807) is 31.4 Å². The third-order valence-electron chi connectivity index (χ3n) is 3.54. The van der Waals surface area contributed by atoms with Crippen molar-refractivity contribution in [1.82, 2.24) is 15.0 Å². The van der Waals surface area contributed by atoms with Crippen LogP contribution in [0.2, 0.25) is 5.02 Å². The lowest BCUT2D eigenvalue weighted by molar-refractivity contribution is 0.262. The monoisotopic (exact) mass is 388 g/mol. The molecule has 0 aliphatic rings. The number of hydrogen-bond donors (Lipinski definition) is 3. The molecule has 2 aromatic heterocycles. The average Bonchev–Trinajstić information content (AvgIpc) is 2.98. The molecule has 0 bridgehead atoms. The number of rotatable bonds is 4. The number of nitrogens with one attached hydrogen (secondary N) is 3. The van der Waals surface area contributed by atoms with E-state index in [4.69, 9.17) is 11.6 Å². The zero-order chi connectivity index (χ0) is 18.7. The Morgan fingerprint density at radius 3 is 2.69 bits per heavy atom. The van der Waals surface area contributed by atoms with Crippen molar-refractivity contribution in [3.05, 3.63) is 46.7 Å². The third kappa shape index (κ3) is 4.09. The van der Waals surface area contributed by atoms with Crippen LogP contribution in [0, 0.1) is 13.8 Å². The topological polar surface area (TPSA) is 91.8 Å². The van der Waals surface area contributed by atoms with Crippen molar-refractivity contribution in [2.24, 2.45) is 0 Å². The SMILES string of the molecule is CNc1nccc(-c2sc(NC(=O)Nc3ccc(Cl)c(C)c3)nc2C)n1. The minimum absolute atomic E-state index is 0.370. The summed E-state index contributed by atoms with van der Waals surface area (Å²) < 4.78 is 0. The van der Waals surface area contributed by atoms with Crippen molar-refractivity contribution in [1.29, 1.82) is 0 Å². The lowest BCUT2D eigenvalue weighted by atomic mass is 10.2. The Bertz CT molecular complexity index is 958. The van der Waals surface area contributed by atoms with Crippen molar-refractivity contribution >= 4 is 45.7 Å². The normalized spacial score (nSPS) is 10.5.